The fraction of sp³-hybridized carbons (Fsp3) is 0.429. The Balaban J connectivity index is 1.96. The first-order valence-corrected chi connectivity index (χ1v) is 8.53. The number of sulfone groups is 1. The highest BCUT2D eigenvalue weighted by atomic mass is 32.2. The van der Waals surface area contributed by atoms with Gasteiger partial charge < -0.3 is 9.88 Å². The summed E-state index contributed by atoms with van der Waals surface area (Å²) in [5.74, 6) is -0.0843. The number of H-pyrrole nitrogens is 1. The molecule has 0 amide bonds. The molecule has 0 aliphatic heterocycles. The van der Waals surface area contributed by atoms with Crippen LogP contribution in [0.25, 0.3) is 10.9 Å². The summed E-state index contributed by atoms with van der Waals surface area (Å²) in [6, 6.07) is 4.70. The summed E-state index contributed by atoms with van der Waals surface area (Å²) in [6.07, 6.45) is 3.93. The molecular formula is C14H19FN2O2S. The highest BCUT2D eigenvalue weighted by Crippen LogP contribution is 2.19. The minimum atomic E-state index is -2.92. The third-order valence-corrected chi connectivity index (χ3v) is 4.26. The number of benzene rings is 1. The van der Waals surface area contributed by atoms with Gasteiger partial charge in [0, 0.05) is 36.4 Å². The van der Waals surface area contributed by atoms with E-state index < -0.39 is 9.84 Å². The van der Waals surface area contributed by atoms with Gasteiger partial charge in [0.2, 0.25) is 0 Å². The van der Waals surface area contributed by atoms with Crippen molar-refractivity contribution < 1.29 is 12.8 Å². The highest BCUT2D eigenvalue weighted by molar-refractivity contribution is 7.90. The van der Waals surface area contributed by atoms with Gasteiger partial charge in [-0.2, -0.15) is 0 Å². The van der Waals surface area contributed by atoms with Crippen LogP contribution in [0, 0.1) is 5.82 Å². The number of fused-ring (bicyclic) bond motifs is 1. The third-order valence-electron chi connectivity index (χ3n) is 3.34. The molecule has 0 saturated carbocycles. The lowest BCUT2D eigenvalue weighted by Crippen LogP contribution is -2.27. The Bertz CT molecular complexity index is 694. The fourth-order valence-electron chi connectivity index (χ4n) is 2.11. The summed E-state index contributed by atoms with van der Waals surface area (Å²) in [5, 5.41) is 1.02. The average Bonchev–Trinajstić information content (AvgIpc) is 2.75. The number of aromatic amines is 1. The molecule has 0 fully saturated rings. The van der Waals surface area contributed by atoms with Crippen molar-refractivity contribution in [2.45, 2.75) is 6.42 Å². The molecule has 1 N–H and O–H groups in total. The molecule has 2 aromatic rings. The number of nitrogens with one attached hydrogen (secondary N) is 1. The zero-order chi connectivity index (χ0) is 14.8. The molecule has 4 nitrogen and oxygen atoms in total. The van der Waals surface area contributed by atoms with Gasteiger partial charge in [-0.1, -0.05) is 0 Å². The van der Waals surface area contributed by atoms with Crippen molar-refractivity contribution in [2.24, 2.45) is 0 Å². The lowest BCUT2D eigenvalue weighted by atomic mass is 10.1. The average molecular weight is 298 g/mol. The SMILES string of the molecule is CN(CCc1c[nH]c2cc(F)ccc12)CCS(C)(=O)=O. The molecule has 0 unspecified atom stereocenters. The Labute approximate surface area is 118 Å². The van der Waals surface area contributed by atoms with Gasteiger partial charge in [0.15, 0.2) is 0 Å². The van der Waals surface area contributed by atoms with Crippen LogP contribution >= 0.6 is 0 Å². The zero-order valence-corrected chi connectivity index (χ0v) is 12.5. The van der Waals surface area contributed by atoms with E-state index in [1.54, 1.807) is 6.07 Å². The first kappa shape index (κ1) is 15.0. The van der Waals surface area contributed by atoms with E-state index in [0.29, 0.717) is 6.54 Å². The van der Waals surface area contributed by atoms with Gasteiger partial charge >= 0.3 is 0 Å². The molecule has 0 radical (unpaired) electrons. The molecular weight excluding hydrogens is 279 g/mol. The van der Waals surface area contributed by atoms with Gasteiger partial charge in [-0.05, 0) is 37.2 Å². The van der Waals surface area contributed by atoms with E-state index in [2.05, 4.69) is 4.98 Å². The Kier molecular flexibility index (Phi) is 4.45. The summed E-state index contributed by atoms with van der Waals surface area (Å²) in [7, 11) is -1.02. The van der Waals surface area contributed by atoms with E-state index in [4.69, 9.17) is 0 Å². The summed E-state index contributed by atoms with van der Waals surface area (Å²) in [6.45, 7) is 1.29. The molecule has 1 aromatic heterocycles. The summed E-state index contributed by atoms with van der Waals surface area (Å²) < 4.78 is 35.3. The van der Waals surface area contributed by atoms with E-state index in [1.165, 1.54) is 18.4 Å². The van der Waals surface area contributed by atoms with Crippen LogP contribution in [0.3, 0.4) is 0 Å². The van der Waals surface area contributed by atoms with E-state index in [1.807, 2.05) is 18.1 Å². The number of halogens is 1. The van der Waals surface area contributed by atoms with Crippen LogP contribution in [0.4, 0.5) is 4.39 Å². The maximum Gasteiger partial charge on any atom is 0.148 e. The maximum atomic E-state index is 13.1. The fourth-order valence-corrected chi connectivity index (χ4v) is 2.75. The molecule has 1 heterocycles. The van der Waals surface area contributed by atoms with Gasteiger partial charge in [-0.25, -0.2) is 12.8 Å². The first-order chi connectivity index (χ1) is 9.35. The molecule has 20 heavy (non-hydrogen) atoms. The van der Waals surface area contributed by atoms with Crippen LogP contribution in [0.1, 0.15) is 5.56 Å². The van der Waals surface area contributed by atoms with Crippen molar-refractivity contribution in [3.8, 4) is 0 Å². The molecule has 6 heteroatoms. The molecule has 0 aliphatic rings. The topological polar surface area (TPSA) is 53.2 Å². The van der Waals surface area contributed by atoms with Crippen LogP contribution in [-0.2, 0) is 16.3 Å². The molecule has 0 saturated heterocycles. The smallest absolute Gasteiger partial charge is 0.148 e. The van der Waals surface area contributed by atoms with Crippen molar-refractivity contribution in [1.29, 1.82) is 0 Å². The lowest BCUT2D eigenvalue weighted by Gasteiger charge is -2.15. The Morgan fingerprint density at radius 2 is 2.05 bits per heavy atom. The minimum Gasteiger partial charge on any atom is -0.361 e. The second-order valence-electron chi connectivity index (χ2n) is 5.19. The molecule has 110 valence electrons. The van der Waals surface area contributed by atoms with Crippen molar-refractivity contribution in [3.05, 3.63) is 35.8 Å². The van der Waals surface area contributed by atoms with Crippen molar-refractivity contribution in [2.75, 3.05) is 32.1 Å². The molecule has 0 bridgehead atoms. The van der Waals surface area contributed by atoms with E-state index in [-0.39, 0.29) is 11.6 Å². The van der Waals surface area contributed by atoms with Crippen molar-refractivity contribution >= 4 is 20.7 Å². The van der Waals surface area contributed by atoms with E-state index in [0.717, 1.165) is 29.4 Å². The summed E-state index contributed by atoms with van der Waals surface area (Å²) in [5.41, 5.74) is 1.91. The normalized spacial score (nSPS) is 12.4. The van der Waals surface area contributed by atoms with Gasteiger partial charge in [0.05, 0.1) is 5.75 Å². The predicted molar refractivity (Wildman–Crippen MR) is 79.2 cm³/mol. The number of hydrogen-bond donors (Lipinski definition) is 1. The van der Waals surface area contributed by atoms with Crippen molar-refractivity contribution in [3.63, 3.8) is 0 Å². The standard InChI is InChI=1S/C14H19FN2O2S/c1-17(7-8-20(2,18)19)6-5-11-10-16-14-9-12(15)3-4-13(11)14/h3-4,9-10,16H,5-8H2,1-2H3. The van der Waals surface area contributed by atoms with Crippen LogP contribution in [0.15, 0.2) is 24.4 Å². The van der Waals surface area contributed by atoms with Gasteiger partial charge in [-0.15, -0.1) is 0 Å². The summed E-state index contributed by atoms with van der Waals surface area (Å²) >= 11 is 0. The second-order valence-corrected chi connectivity index (χ2v) is 7.45. The Morgan fingerprint density at radius 3 is 2.75 bits per heavy atom. The van der Waals surface area contributed by atoms with Crippen LogP contribution in [0.2, 0.25) is 0 Å². The number of nitrogens with zero attached hydrogens (tertiary/aromatic N) is 1. The third kappa shape index (κ3) is 4.05. The van der Waals surface area contributed by atoms with Gasteiger partial charge in [-0.3, -0.25) is 0 Å². The molecule has 0 spiro atoms. The summed E-state index contributed by atoms with van der Waals surface area (Å²) in [4.78, 5) is 5.04. The largest absolute Gasteiger partial charge is 0.361 e. The maximum absolute atomic E-state index is 13.1. The van der Waals surface area contributed by atoms with Crippen LogP contribution < -0.4 is 0 Å². The second kappa shape index (κ2) is 5.93. The number of rotatable bonds is 6. The highest BCUT2D eigenvalue weighted by Gasteiger charge is 2.08. The van der Waals surface area contributed by atoms with Crippen LogP contribution in [0.5, 0.6) is 0 Å². The lowest BCUT2D eigenvalue weighted by molar-refractivity contribution is 0.358. The quantitative estimate of drug-likeness (QED) is 0.885. The number of hydrogen-bond acceptors (Lipinski definition) is 3. The predicted octanol–water partition coefficient (Wildman–Crippen LogP) is 1.83. The van der Waals surface area contributed by atoms with Crippen molar-refractivity contribution in [1.82, 2.24) is 9.88 Å². The van der Waals surface area contributed by atoms with Crippen LogP contribution in [-0.4, -0.2) is 50.4 Å². The molecule has 0 atom stereocenters. The number of aromatic nitrogens is 1. The Hall–Kier alpha value is -1.40. The van der Waals surface area contributed by atoms with Gasteiger partial charge in [0.1, 0.15) is 15.7 Å². The zero-order valence-electron chi connectivity index (χ0n) is 11.7. The van der Waals surface area contributed by atoms with E-state index in [9.17, 15) is 12.8 Å². The molecule has 0 aliphatic carbocycles. The first-order valence-electron chi connectivity index (χ1n) is 6.47. The monoisotopic (exact) mass is 298 g/mol. The Morgan fingerprint density at radius 1 is 1.30 bits per heavy atom. The van der Waals surface area contributed by atoms with E-state index >= 15 is 0 Å². The minimum absolute atomic E-state index is 0.169. The molecule has 2 rings (SSSR count). The number of likely N-dealkylation sites (N-methyl/N-ethyl adjacent to an activating group) is 1. The molecule has 1 aromatic carbocycles. The van der Waals surface area contributed by atoms with Gasteiger partial charge in [0.25, 0.3) is 0 Å².